The van der Waals surface area contributed by atoms with Crippen molar-refractivity contribution in [3.8, 4) is 0 Å². The first-order valence-corrected chi connectivity index (χ1v) is 10.0. The smallest absolute Gasteiger partial charge is 0.261 e. The summed E-state index contributed by atoms with van der Waals surface area (Å²) in [5.74, 6) is -0.804. The SMILES string of the molecule is Cc1ccc(NS(=O)(=O)c2cc3c4c(c2)C(C)C(=O)N4CCC3)cc1F. The Morgan fingerprint density at radius 3 is 2.73 bits per heavy atom. The van der Waals surface area contributed by atoms with E-state index >= 15 is 0 Å². The van der Waals surface area contributed by atoms with Gasteiger partial charge in [-0.25, -0.2) is 12.8 Å². The molecule has 0 radical (unpaired) electrons. The van der Waals surface area contributed by atoms with E-state index in [-0.39, 0.29) is 22.4 Å². The van der Waals surface area contributed by atoms with Crippen LogP contribution in [0.5, 0.6) is 0 Å². The van der Waals surface area contributed by atoms with E-state index < -0.39 is 15.8 Å². The second-order valence-corrected chi connectivity index (χ2v) is 8.59. The van der Waals surface area contributed by atoms with Crippen molar-refractivity contribution in [2.75, 3.05) is 16.2 Å². The van der Waals surface area contributed by atoms with E-state index in [1.807, 2.05) is 0 Å². The van der Waals surface area contributed by atoms with E-state index in [0.717, 1.165) is 35.7 Å². The minimum atomic E-state index is -3.88. The summed E-state index contributed by atoms with van der Waals surface area (Å²) >= 11 is 0. The first kappa shape index (κ1) is 17.0. The summed E-state index contributed by atoms with van der Waals surface area (Å²) in [4.78, 5) is 14.3. The standard InChI is InChI=1S/C19H19FN2O3S/c1-11-5-6-14(9-17(11)20)21-26(24,25)15-8-13-4-3-7-22-18(13)16(10-15)12(2)19(22)23/h5-6,8-10,12,21H,3-4,7H2,1-2H3. The highest BCUT2D eigenvalue weighted by atomic mass is 32.2. The molecule has 0 aromatic heterocycles. The predicted molar refractivity (Wildman–Crippen MR) is 97.5 cm³/mol. The average Bonchev–Trinajstić information content (AvgIpc) is 2.85. The minimum absolute atomic E-state index is 0.0177. The lowest BCUT2D eigenvalue weighted by molar-refractivity contribution is -0.119. The van der Waals surface area contributed by atoms with Crippen LogP contribution in [0.1, 0.15) is 36.0 Å². The molecule has 5 nitrogen and oxygen atoms in total. The van der Waals surface area contributed by atoms with Crippen LogP contribution in [0.15, 0.2) is 35.2 Å². The number of benzene rings is 2. The Kier molecular flexibility index (Phi) is 3.80. The third-order valence-corrected chi connectivity index (χ3v) is 6.49. The number of carbonyl (C=O) groups excluding carboxylic acids is 1. The molecule has 2 aliphatic rings. The van der Waals surface area contributed by atoms with Crippen LogP contribution in [-0.4, -0.2) is 20.9 Å². The maximum Gasteiger partial charge on any atom is 0.261 e. The summed E-state index contributed by atoms with van der Waals surface area (Å²) in [5, 5.41) is 0. The number of anilines is 2. The van der Waals surface area contributed by atoms with Gasteiger partial charge in [-0.3, -0.25) is 9.52 Å². The fourth-order valence-electron chi connectivity index (χ4n) is 3.69. The fraction of sp³-hybridized carbons (Fsp3) is 0.316. The zero-order valence-electron chi connectivity index (χ0n) is 14.5. The molecule has 0 fully saturated rings. The van der Waals surface area contributed by atoms with E-state index in [2.05, 4.69) is 4.72 Å². The summed E-state index contributed by atoms with van der Waals surface area (Å²) in [5.41, 5.74) is 3.12. The highest BCUT2D eigenvalue weighted by Gasteiger charge is 2.38. The number of nitrogens with zero attached hydrogens (tertiary/aromatic N) is 1. The fourth-order valence-corrected chi connectivity index (χ4v) is 4.83. The highest BCUT2D eigenvalue weighted by Crippen LogP contribution is 2.44. The van der Waals surface area contributed by atoms with Gasteiger partial charge >= 0.3 is 0 Å². The van der Waals surface area contributed by atoms with Crippen molar-refractivity contribution in [1.29, 1.82) is 0 Å². The molecule has 1 unspecified atom stereocenters. The van der Waals surface area contributed by atoms with Crippen molar-refractivity contribution in [2.45, 2.75) is 37.5 Å². The Bertz CT molecular complexity index is 1030. The van der Waals surface area contributed by atoms with Crippen LogP contribution in [0.25, 0.3) is 0 Å². The Morgan fingerprint density at radius 2 is 2.00 bits per heavy atom. The van der Waals surface area contributed by atoms with E-state index in [9.17, 15) is 17.6 Å². The normalized spacial score (nSPS) is 18.8. The number of aryl methyl sites for hydroxylation is 2. The van der Waals surface area contributed by atoms with E-state index in [4.69, 9.17) is 0 Å². The van der Waals surface area contributed by atoms with Gasteiger partial charge in [0.25, 0.3) is 10.0 Å². The van der Waals surface area contributed by atoms with Gasteiger partial charge in [0, 0.05) is 6.54 Å². The summed E-state index contributed by atoms with van der Waals surface area (Å²) in [6.45, 7) is 4.09. The van der Waals surface area contributed by atoms with Crippen molar-refractivity contribution in [3.63, 3.8) is 0 Å². The van der Waals surface area contributed by atoms with Gasteiger partial charge in [0.1, 0.15) is 5.82 Å². The molecule has 2 aromatic rings. The number of carbonyl (C=O) groups is 1. The van der Waals surface area contributed by atoms with Crippen molar-refractivity contribution < 1.29 is 17.6 Å². The number of sulfonamides is 1. The van der Waals surface area contributed by atoms with Crippen LogP contribution in [-0.2, 0) is 21.2 Å². The van der Waals surface area contributed by atoms with Crippen LogP contribution < -0.4 is 9.62 Å². The molecule has 0 spiro atoms. The first-order valence-electron chi connectivity index (χ1n) is 8.55. The minimum Gasteiger partial charge on any atom is -0.311 e. The molecule has 1 atom stereocenters. The molecule has 4 rings (SSSR count). The number of rotatable bonds is 3. The Labute approximate surface area is 151 Å². The van der Waals surface area contributed by atoms with E-state index in [1.54, 1.807) is 30.9 Å². The predicted octanol–water partition coefficient (Wildman–Crippen LogP) is 3.33. The van der Waals surface area contributed by atoms with Gasteiger partial charge in [0.15, 0.2) is 0 Å². The zero-order chi connectivity index (χ0) is 18.6. The second kappa shape index (κ2) is 5.81. The Balaban J connectivity index is 1.76. The van der Waals surface area contributed by atoms with Gasteiger partial charge in [0.05, 0.1) is 22.2 Å². The molecule has 0 saturated heterocycles. The van der Waals surface area contributed by atoms with Gasteiger partial charge in [0.2, 0.25) is 5.91 Å². The zero-order valence-corrected chi connectivity index (χ0v) is 15.4. The monoisotopic (exact) mass is 374 g/mol. The maximum atomic E-state index is 13.7. The molecule has 0 saturated carbocycles. The average molecular weight is 374 g/mol. The summed E-state index contributed by atoms with van der Waals surface area (Å²) in [6, 6.07) is 7.42. The molecule has 7 heteroatoms. The third-order valence-electron chi connectivity index (χ3n) is 5.13. The molecule has 136 valence electrons. The molecule has 2 aliphatic heterocycles. The quantitative estimate of drug-likeness (QED) is 0.896. The second-order valence-electron chi connectivity index (χ2n) is 6.90. The molecular weight excluding hydrogens is 355 g/mol. The lowest BCUT2D eigenvalue weighted by Crippen LogP contribution is -2.32. The van der Waals surface area contributed by atoms with Crippen molar-refractivity contribution in [2.24, 2.45) is 0 Å². The number of hydrogen-bond acceptors (Lipinski definition) is 3. The van der Waals surface area contributed by atoms with Gasteiger partial charge in [-0.1, -0.05) is 6.07 Å². The topological polar surface area (TPSA) is 66.5 Å². The maximum absolute atomic E-state index is 13.7. The Morgan fingerprint density at radius 1 is 1.23 bits per heavy atom. The van der Waals surface area contributed by atoms with Gasteiger partial charge in [-0.05, 0) is 67.6 Å². The van der Waals surface area contributed by atoms with Crippen molar-refractivity contribution >= 4 is 27.3 Å². The lowest BCUT2D eigenvalue weighted by atomic mass is 9.97. The molecule has 1 N–H and O–H groups in total. The van der Waals surface area contributed by atoms with Crippen LogP contribution in [0.2, 0.25) is 0 Å². The van der Waals surface area contributed by atoms with Crippen LogP contribution in [0.3, 0.4) is 0 Å². The largest absolute Gasteiger partial charge is 0.311 e. The first-order chi connectivity index (χ1) is 12.3. The molecular formula is C19H19FN2O3S. The number of amides is 1. The summed E-state index contributed by atoms with van der Waals surface area (Å²) in [6.07, 6.45) is 1.55. The number of hydrogen-bond donors (Lipinski definition) is 1. The van der Waals surface area contributed by atoms with E-state index in [0.29, 0.717) is 12.1 Å². The van der Waals surface area contributed by atoms with Crippen molar-refractivity contribution in [3.05, 3.63) is 52.8 Å². The van der Waals surface area contributed by atoms with Crippen LogP contribution >= 0.6 is 0 Å². The Hall–Kier alpha value is -2.41. The van der Waals surface area contributed by atoms with Gasteiger partial charge in [-0.2, -0.15) is 0 Å². The molecule has 1 amide bonds. The summed E-state index contributed by atoms with van der Waals surface area (Å²) in [7, 11) is -3.88. The molecule has 0 aliphatic carbocycles. The molecule has 26 heavy (non-hydrogen) atoms. The number of nitrogens with one attached hydrogen (secondary N) is 1. The lowest BCUT2D eigenvalue weighted by Gasteiger charge is -2.26. The van der Waals surface area contributed by atoms with Crippen LogP contribution in [0.4, 0.5) is 15.8 Å². The highest BCUT2D eigenvalue weighted by molar-refractivity contribution is 7.92. The van der Waals surface area contributed by atoms with Crippen molar-refractivity contribution in [1.82, 2.24) is 0 Å². The molecule has 2 heterocycles. The molecule has 2 aromatic carbocycles. The molecule has 0 bridgehead atoms. The van der Waals surface area contributed by atoms with E-state index in [1.165, 1.54) is 12.1 Å². The summed E-state index contributed by atoms with van der Waals surface area (Å²) < 4.78 is 41.8. The van der Waals surface area contributed by atoms with Gasteiger partial charge in [-0.15, -0.1) is 0 Å². The van der Waals surface area contributed by atoms with Gasteiger partial charge < -0.3 is 4.90 Å². The van der Waals surface area contributed by atoms with Crippen LogP contribution in [0, 0.1) is 12.7 Å². The third kappa shape index (κ3) is 2.58. The number of halogens is 1.